The van der Waals surface area contributed by atoms with Crippen LogP contribution in [0.2, 0.25) is 0 Å². The zero-order chi connectivity index (χ0) is 11.9. The van der Waals surface area contributed by atoms with Gasteiger partial charge in [-0.15, -0.1) is 0 Å². The summed E-state index contributed by atoms with van der Waals surface area (Å²) < 4.78 is 26.0. The Morgan fingerprint density at radius 2 is 1.73 bits per heavy atom. The van der Waals surface area contributed by atoms with E-state index in [0.717, 1.165) is 12.8 Å². The number of nitrogens with two attached hydrogens (primary N) is 1. The molecule has 0 heterocycles. The molecule has 0 bridgehead atoms. The van der Waals surface area contributed by atoms with Crippen LogP contribution < -0.4 is 10.5 Å². The number of sulfonamides is 1. The molecule has 1 rings (SSSR count). The smallest absolute Gasteiger partial charge is 0.217 e. The lowest BCUT2D eigenvalue weighted by Gasteiger charge is -2.33. The summed E-state index contributed by atoms with van der Waals surface area (Å²) in [5.74, 6) is 0.402. The first-order valence-corrected chi connectivity index (χ1v) is 6.84. The molecule has 1 fully saturated rings. The lowest BCUT2D eigenvalue weighted by atomic mass is 9.98. The minimum atomic E-state index is -3.30. The summed E-state index contributed by atoms with van der Waals surface area (Å²) in [4.78, 5) is 0. The van der Waals surface area contributed by atoms with Crippen molar-refractivity contribution < 1.29 is 8.42 Å². The van der Waals surface area contributed by atoms with Crippen LogP contribution in [0.1, 0.15) is 40.5 Å². The lowest BCUT2D eigenvalue weighted by Crippen LogP contribution is -2.56. The third-order valence-corrected chi connectivity index (χ3v) is 5.42. The maximum absolute atomic E-state index is 12.0. The first-order chi connectivity index (χ1) is 6.62. The Balaban J connectivity index is 2.84. The molecule has 0 aromatic rings. The summed E-state index contributed by atoms with van der Waals surface area (Å²) in [6.07, 6.45) is 2.14. The monoisotopic (exact) mass is 234 g/mol. The predicted molar refractivity (Wildman–Crippen MR) is 62.0 cm³/mol. The molecule has 1 unspecified atom stereocenters. The van der Waals surface area contributed by atoms with Gasteiger partial charge < -0.3 is 5.73 Å². The fraction of sp³-hybridized carbons (Fsp3) is 1.00. The second kappa shape index (κ2) is 3.71. The third-order valence-electron chi connectivity index (χ3n) is 3.08. The zero-order valence-corrected chi connectivity index (χ0v) is 10.8. The molecule has 1 aliphatic carbocycles. The SMILES string of the molecule is CC(CN)(NS(=O)(=O)C(C)(C)C)C1CC1. The van der Waals surface area contributed by atoms with Crippen molar-refractivity contribution in [1.29, 1.82) is 0 Å². The van der Waals surface area contributed by atoms with Crippen molar-refractivity contribution in [2.45, 2.75) is 50.8 Å². The molecule has 90 valence electrons. The molecule has 15 heavy (non-hydrogen) atoms. The summed E-state index contributed by atoms with van der Waals surface area (Å²) in [5.41, 5.74) is 5.21. The molecule has 3 N–H and O–H groups in total. The molecule has 1 aliphatic rings. The highest BCUT2D eigenvalue weighted by molar-refractivity contribution is 7.90. The van der Waals surface area contributed by atoms with E-state index in [0.29, 0.717) is 12.5 Å². The quantitative estimate of drug-likeness (QED) is 0.757. The van der Waals surface area contributed by atoms with Crippen molar-refractivity contribution in [2.24, 2.45) is 11.7 Å². The maximum atomic E-state index is 12.0. The van der Waals surface area contributed by atoms with Gasteiger partial charge in [0.2, 0.25) is 10.0 Å². The molecule has 0 aliphatic heterocycles. The van der Waals surface area contributed by atoms with Gasteiger partial charge >= 0.3 is 0 Å². The van der Waals surface area contributed by atoms with Gasteiger partial charge in [0.05, 0.1) is 4.75 Å². The Kier molecular flexibility index (Phi) is 3.20. The molecule has 0 aromatic heterocycles. The molecular formula is C10H22N2O2S. The van der Waals surface area contributed by atoms with Gasteiger partial charge in [-0.3, -0.25) is 0 Å². The molecule has 1 saturated carbocycles. The Hall–Kier alpha value is -0.130. The molecule has 4 nitrogen and oxygen atoms in total. The first kappa shape index (κ1) is 12.9. The Morgan fingerprint density at radius 3 is 2.00 bits per heavy atom. The van der Waals surface area contributed by atoms with Gasteiger partial charge in [0.1, 0.15) is 0 Å². The lowest BCUT2D eigenvalue weighted by molar-refractivity contribution is 0.369. The van der Waals surface area contributed by atoms with Crippen LogP contribution in [0.25, 0.3) is 0 Å². The van der Waals surface area contributed by atoms with Gasteiger partial charge in [-0.1, -0.05) is 0 Å². The van der Waals surface area contributed by atoms with Crippen molar-refractivity contribution in [2.75, 3.05) is 6.54 Å². The standard InChI is InChI=1S/C10H22N2O2S/c1-9(2,3)15(13,14)12-10(4,7-11)8-5-6-8/h8,12H,5-7,11H2,1-4H3. The van der Waals surface area contributed by atoms with E-state index < -0.39 is 20.3 Å². The zero-order valence-electron chi connectivity index (χ0n) is 10.0. The largest absolute Gasteiger partial charge is 0.329 e. The van der Waals surface area contributed by atoms with Crippen LogP contribution in [0.15, 0.2) is 0 Å². The van der Waals surface area contributed by atoms with Crippen LogP contribution in [0.4, 0.5) is 0 Å². The second-order valence-corrected chi connectivity index (χ2v) is 8.05. The van der Waals surface area contributed by atoms with Crippen molar-refractivity contribution >= 4 is 10.0 Å². The van der Waals surface area contributed by atoms with Gasteiger partial charge in [0, 0.05) is 12.1 Å². The van der Waals surface area contributed by atoms with E-state index in [1.807, 2.05) is 6.92 Å². The van der Waals surface area contributed by atoms with Gasteiger partial charge in [-0.2, -0.15) is 0 Å². The highest BCUT2D eigenvalue weighted by Gasteiger charge is 2.45. The average molecular weight is 234 g/mol. The highest BCUT2D eigenvalue weighted by atomic mass is 32.2. The number of hydrogen-bond donors (Lipinski definition) is 2. The number of rotatable bonds is 4. The van der Waals surface area contributed by atoms with E-state index in [9.17, 15) is 8.42 Å². The number of hydrogen-bond acceptors (Lipinski definition) is 3. The van der Waals surface area contributed by atoms with Crippen molar-refractivity contribution in [3.63, 3.8) is 0 Å². The van der Waals surface area contributed by atoms with Crippen LogP contribution in [-0.2, 0) is 10.0 Å². The average Bonchev–Trinajstić information content (AvgIpc) is 2.83. The van der Waals surface area contributed by atoms with E-state index in [4.69, 9.17) is 5.73 Å². The van der Waals surface area contributed by atoms with Gasteiger partial charge in [-0.25, -0.2) is 13.1 Å². The van der Waals surface area contributed by atoms with E-state index >= 15 is 0 Å². The summed E-state index contributed by atoms with van der Waals surface area (Å²) in [7, 11) is -3.30. The van der Waals surface area contributed by atoms with E-state index in [-0.39, 0.29) is 0 Å². The maximum Gasteiger partial charge on any atom is 0.217 e. The fourth-order valence-corrected chi connectivity index (χ4v) is 2.64. The molecule has 1 atom stereocenters. The van der Waals surface area contributed by atoms with Crippen LogP contribution in [0.5, 0.6) is 0 Å². The van der Waals surface area contributed by atoms with Crippen LogP contribution in [-0.4, -0.2) is 25.2 Å². The van der Waals surface area contributed by atoms with E-state index in [1.54, 1.807) is 20.8 Å². The Labute approximate surface area is 92.7 Å². The minimum Gasteiger partial charge on any atom is -0.329 e. The van der Waals surface area contributed by atoms with Gasteiger partial charge in [0.25, 0.3) is 0 Å². The first-order valence-electron chi connectivity index (χ1n) is 5.36. The minimum absolute atomic E-state index is 0.354. The Bertz CT molecular complexity index is 328. The van der Waals surface area contributed by atoms with Crippen LogP contribution >= 0.6 is 0 Å². The highest BCUT2D eigenvalue weighted by Crippen LogP contribution is 2.39. The molecule has 0 saturated heterocycles. The van der Waals surface area contributed by atoms with E-state index in [1.165, 1.54) is 0 Å². The van der Waals surface area contributed by atoms with Crippen molar-refractivity contribution in [3.05, 3.63) is 0 Å². The molecule has 5 heteroatoms. The number of nitrogens with one attached hydrogen (secondary N) is 1. The summed E-state index contributed by atoms with van der Waals surface area (Å²) in [5, 5.41) is 0. The van der Waals surface area contributed by atoms with Crippen molar-refractivity contribution in [1.82, 2.24) is 4.72 Å². The fourth-order valence-electron chi connectivity index (χ4n) is 1.47. The van der Waals surface area contributed by atoms with Crippen LogP contribution in [0.3, 0.4) is 0 Å². The summed E-state index contributed by atoms with van der Waals surface area (Å²) in [6.45, 7) is 7.33. The molecule has 0 radical (unpaired) electrons. The van der Waals surface area contributed by atoms with Gasteiger partial charge in [0.15, 0.2) is 0 Å². The molecule has 0 aromatic carbocycles. The van der Waals surface area contributed by atoms with Crippen molar-refractivity contribution in [3.8, 4) is 0 Å². The third kappa shape index (κ3) is 2.71. The normalized spacial score (nSPS) is 22.5. The Morgan fingerprint density at radius 1 is 1.27 bits per heavy atom. The van der Waals surface area contributed by atoms with E-state index in [2.05, 4.69) is 4.72 Å². The molecule has 0 spiro atoms. The van der Waals surface area contributed by atoms with Gasteiger partial charge in [-0.05, 0) is 46.5 Å². The summed E-state index contributed by atoms with van der Waals surface area (Å²) >= 11 is 0. The van der Waals surface area contributed by atoms with Crippen LogP contribution in [0, 0.1) is 5.92 Å². The molecular weight excluding hydrogens is 212 g/mol. The predicted octanol–water partition coefficient (Wildman–Crippen LogP) is 0.832. The molecule has 0 amide bonds. The topological polar surface area (TPSA) is 72.2 Å². The summed E-state index contributed by atoms with van der Waals surface area (Å²) in [6, 6.07) is 0. The second-order valence-electron chi connectivity index (χ2n) is 5.61.